The Kier molecular flexibility index (Phi) is 3.61. The number of hydrogen-bond acceptors (Lipinski definition) is 2. The van der Waals surface area contributed by atoms with E-state index >= 15 is 0 Å². The van der Waals surface area contributed by atoms with E-state index in [-0.39, 0.29) is 5.41 Å². The summed E-state index contributed by atoms with van der Waals surface area (Å²) in [7, 11) is 0. The Morgan fingerprint density at radius 1 is 0.567 bits per heavy atom. The van der Waals surface area contributed by atoms with Gasteiger partial charge in [0.1, 0.15) is 6.67 Å². The first-order valence-corrected chi connectivity index (χ1v) is 10.6. The summed E-state index contributed by atoms with van der Waals surface area (Å²) in [5.41, 5.74) is 10.6. The van der Waals surface area contributed by atoms with Crippen molar-refractivity contribution in [2.24, 2.45) is 0 Å². The molecule has 30 heavy (non-hydrogen) atoms. The highest BCUT2D eigenvalue weighted by Crippen LogP contribution is 2.54. The lowest BCUT2D eigenvalue weighted by atomic mass is 9.82. The zero-order chi connectivity index (χ0) is 20.3. The number of anilines is 4. The number of nitrogens with zero attached hydrogens (tertiary/aromatic N) is 2. The van der Waals surface area contributed by atoms with Crippen molar-refractivity contribution in [2.45, 2.75) is 19.3 Å². The molecule has 0 spiro atoms. The molecule has 0 bridgehead atoms. The summed E-state index contributed by atoms with van der Waals surface area (Å²) in [6.07, 6.45) is 0. The molecule has 1 aliphatic carbocycles. The summed E-state index contributed by atoms with van der Waals surface area (Å²) in [5.74, 6) is 0. The number of fused-ring (bicyclic) bond motifs is 4. The number of para-hydroxylation sites is 2. The molecular weight excluding hydrogens is 364 g/mol. The molecule has 0 atom stereocenters. The van der Waals surface area contributed by atoms with Crippen LogP contribution in [0.15, 0.2) is 97.1 Å². The molecule has 0 saturated heterocycles. The molecule has 0 radical (unpaired) electrons. The molecule has 1 aliphatic heterocycles. The average molecular weight is 389 g/mol. The lowest BCUT2D eigenvalue weighted by Crippen LogP contribution is -2.23. The van der Waals surface area contributed by atoms with E-state index in [4.69, 9.17) is 0 Å². The van der Waals surface area contributed by atoms with Gasteiger partial charge in [0, 0.05) is 16.8 Å². The van der Waals surface area contributed by atoms with Crippen LogP contribution in [0.1, 0.15) is 25.0 Å². The van der Waals surface area contributed by atoms with E-state index < -0.39 is 0 Å². The van der Waals surface area contributed by atoms with Gasteiger partial charge in [0.25, 0.3) is 0 Å². The summed E-state index contributed by atoms with van der Waals surface area (Å²) in [4.78, 5) is 4.86. The van der Waals surface area contributed by atoms with E-state index in [0.717, 1.165) is 6.67 Å². The molecule has 0 saturated carbocycles. The van der Waals surface area contributed by atoms with Crippen LogP contribution in [0, 0.1) is 0 Å². The second kappa shape index (κ2) is 6.24. The van der Waals surface area contributed by atoms with Gasteiger partial charge in [-0.25, -0.2) is 0 Å². The molecule has 2 heteroatoms. The van der Waals surface area contributed by atoms with E-state index in [1.807, 2.05) is 0 Å². The van der Waals surface area contributed by atoms with Crippen LogP contribution in [0.4, 0.5) is 22.7 Å². The summed E-state index contributed by atoms with van der Waals surface area (Å²) in [6.45, 7) is 5.51. The zero-order valence-electron chi connectivity index (χ0n) is 17.3. The van der Waals surface area contributed by atoms with Crippen LogP contribution in [0.3, 0.4) is 0 Å². The van der Waals surface area contributed by atoms with Gasteiger partial charge in [0.15, 0.2) is 0 Å². The molecule has 4 aromatic carbocycles. The standard InChI is InChI=1S/C28H24N2/c1-28(2)24-16-10-9-15-22(24)23-17-26-27(18-25(23)28)30(21-13-7-4-8-14-21)19-29(26)20-11-5-3-6-12-20/h3-18H,19H2,1-2H3. The number of benzene rings is 4. The molecule has 2 nitrogen and oxygen atoms in total. The van der Waals surface area contributed by atoms with Gasteiger partial charge in [-0.3, -0.25) is 0 Å². The Morgan fingerprint density at radius 2 is 1.10 bits per heavy atom. The van der Waals surface area contributed by atoms with E-state index in [1.165, 1.54) is 45.0 Å². The second-order valence-corrected chi connectivity index (χ2v) is 8.73. The molecule has 4 aromatic rings. The topological polar surface area (TPSA) is 6.48 Å². The molecule has 0 fully saturated rings. The van der Waals surface area contributed by atoms with Gasteiger partial charge in [-0.15, -0.1) is 0 Å². The third-order valence-electron chi connectivity index (χ3n) is 6.68. The van der Waals surface area contributed by atoms with Crippen molar-refractivity contribution in [1.29, 1.82) is 0 Å². The fraction of sp³-hybridized carbons (Fsp3) is 0.143. The largest absolute Gasteiger partial charge is 0.321 e. The van der Waals surface area contributed by atoms with Gasteiger partial charge in [-0.1, -0.05) is 74.5 Å². The first-order valence-electron chi connectivity index (χ1n) is 10.6. The van der Waals surface area contributed by atoms with Crippen LogP contribution < -0.4 is 9.80 Å². The van der Waals surface area contributed by atoms with Crippen molar-refractivity contribution in [3.8, 4) is 11.1 Å². The number of rotatable bonds is 2. The fourth-order valence-corrected chi connectivity index (χ4v) is 5.11. The van der Waals surface area contributed by atoms with E-state index in [1.54, 1.807) is 0 Å². The van der Waals surface area contributed by atoms with Gasteiger partial charge < -0.3 is 9.80 Å². The quantitative estimate of drug-likeness (QED) is 0.357. The first kappa shape index (κ1) is 17.3. The Balaban J connectivity index is 1.60. The SMILES string of the molecule is CC1(C)c2ccccc2-c2cc3c(cc21)N(c1ccccc1)CN3c1ccccc1. The average Bonchev–Trinajstić information content (AvgIpc) is 3.27. The normalized spacial score (nSPS) is 15.7. The van der Waals surface area contributed by atoms with E-state index in [9.17, 15) is 0 Å². The molecule has 6 rings (SSSR count). The van der Waals surface area contributed by atoms with Crippen molar-refractivity contribution in [3.05, 3.63) is 108 Å². The van der Waals surface area contributed by atoms with Crippen LogP contribution >= 0.6 is 0 Å². The highest BCUT2D eigenvalue weighted by molar-refractivity contribution is 5.94. The minimum Gasteiger partial charge on any atom is -0.321 e. The summed E-state index contributed by atoms with van der Waals surface area (Å²) < 4.78 is 0. The maximum absolute atomic E-state index is 2.43. The van der Waals surface area contributed by atoms with Crippen LogP contribution in [0.5, 0.6) is 0 Å². The predicted octanol–water partition coefficient (Wildman–Crippen LogP) is 7.24. The van der Waals surface area contributed by atoms with Crippen molar-refractivity contribution in [2.75, 3.05) is 16.5 Å². The third kappa shape index (κ3) is 2.37. The van der Waals surface area contributed by atoms with Crippen molar-refractivity contribution in [1.82, 2.24) is 0 Å². The lowest BCUT2D eigenvalue weighted by molar-refractivity contribution is 0.660. The third-order valence-corrected chi connectivity index (χ3v) is 6.68. The first-order chi connectivity index (χ1) is 14.6. The van der Waals surface area contributed by atoms with Crippen LogP contribution in [0.25, 0.3) is 11.1 Å². The molecule has 0 aromatic heterocycles. The monoisotopic (exact) mass is 388 g/mol. The van der Waals surface area contributed by atoms with Gasteiger partial charge >= 0.3 is 0 Å². The molecule has 0 N–H and O–H groups in total. The number of hydrogen-bond donors (Lipinski definition) is 0. The predicted molar refractivity (Wildman–Crippen MR) is 126 cm³/mol. The highest BCUT2D eigenvalue weighted by Gasteiger charge is 2.39. The summed E-state index contributed by atoms with van der Waals surface area (Å²) in [5, 5.41) is 0. The van der Waals surface area contributed by atoms with Crippen LogP contribution in [0.2, 0.25) is 0 Å². The zero-order valence-corrected chi connectivity index (χ0v) is 17.3. The van der Waals surface area contributed by atoms with Gasteiger partial charge in [-0.2, -0.15) is 0 Å². The van der Waals surface area contributed by atoms with Crippen molar-refractivity contribution >= 4 is 22.7 Å². The molecule has 0 amide bonds. The Bertz CT molecular complexity index is 1240. The van der Waals surface area contributed by atoms with Crippen LogP contribution in [-0.4, -0.2) is 6.67 Å². The fourth-order valence-electron chi connectivity index (χ4n) is 5.11. The molecule has 146 valence electrons. The minimum absolute atomic E-state index is 0.00345. The van der Waals surface area contributed by atoms with Crippen LogP contribution in [-0.2, 0) is 5.41 Å². The van der Waals surface area contributed by atoms with Crippen molar-refractivity contribution < 1.29 is 0 Å². The van der Waals surface area contributed by atoms with Gasteiger partial charge in [0.2, 0.25) is 0 Å². The van der Waals surface area contributed by atoms with Gasteiger partial charge in [-0.05, 0) is 58.7 Å². The maximum Gasteiger partial charge on any atom is 0.100 e. The van der Waals surface area contributed by atoms with Crippen molar-refractivity contribution in [3.63, 3.8) is 0 Å². The smallest absolute Gasteiger partial charge is 0.100 e. The summed E-state index contributed by atoms with van der Waals surface area (Å²) >= 11 is 0. The molecule has 1 heterocycles. The van der Waals surface area contributed by atoms with Gasteiger partial charge in [0.05, 0.1) is 11.4 Å². The maximum atomic E-state index is 2.43. The Morgan fingerprint density at radius 3 is 1.73 bits per heavy atom. The van der Waals surface area contributed by atoms with E-state index in [2.05, 4.69) is 121 Å². The van der Waals surface area contributed by atoms with E-state index in [0.29, 0.717) is 0 Å². The molecule has 0 unspecified atom stereocenters. The molecule has 2 aliphatic rings. The molecular formula is C28H24N2. The summed E-state index contributed by atoms with van der Waals surface area (Å²) in [6, 6.07) is 35.1. The second-order valence-electron chi connectivity index (χ2n) is 8.73. The highest BCUT2D eigenvalue weighted by atomic mass is 15.4. The Hall–Kier alpha value is -3.52. The lowest BCUT2D eigenvalue weighted by Gasteiger charge is -2.24. The Labute approximate surface area is 178 Å². The minimum atomic E-state index is 0.00345.